The lowest BCUT2D eigenvalue weighted by Crippen LogP contribution is -2.01. The first-order chi connectivity index (χ1) is 25.3. The summed E-state index contributed by atoms with van der Waals surface area (Å²) in [5, 5.41) is 2.52. The summed E-state index contributed by atoms with van der Waals surface area (Å²) in [5.41, 5.74) is 9.65. The van der Waals surface area contributed by atoms with Crippen LogP contribution in [-0.4, -0.2) is 15.0 Å². The molecule has 0 N–H and O–H groups in total. The maximum absolute atomic E-state index is 5.16. The summed E-state index contributed by atoms with van der Waals surface area (Å²) < 4.78 is 2.49. The molecule has 7 aromatic carbocycles. The fraction of sp³-hybridized carbons (Fsp3) is 0. The van der Waals surface area contributed by atoms with E-state index in [0.29, 0.717) is 17.5 Å². The smallest absolute Gasteiger partial charge is 0.164 e. The first kappa shape index (κ1) is 30.6. The third kappa shape index (κ3) is 6.03. The van der Waals surface area contributed by atoms with Crippen molar-refractivity contribution in [2.24, 2.45) is 0 Å². The number of hydrogen-bond donors (Lipinski definition) is 0. The molecule has 0 aliphatic carbocycles. The number of aromatic nitrogens is 3. The monoisotopic (exact) mass is 669 g/mol. The first-order valence-corrected chi connectivity index (χ1v) is 17.8. The van der Waals surface area contributed by atoms with E-state index in [9.17, 15) is 0 Å². The molecule has 0 amide bonds. The Bertz CT molecular complexity index is 2620. The molecular weight excluding hydrogens is 639 g/mol. The second-order valence-electron chi connectivity index (χ2n) is 12.4. The third-order valence-corrected chi connectivity index (χ3v) is 10.3. The van der Waals surface area contributed by atoms with Crippen molar-refractivity contribution in [2.75, 3.05) is 0 Å². The van der Waals surface area contributed by atoms with E-state index in [1.54, 1.807) is 11.3 Å². The van der Waals surface area contributed by atoms with Crippen molar-refractivity contribution in [1.29, 1.82) is 0 Å². The molecule has 0 bridgehead atoms. The van der Waals surface area contributed by atoms with E-state index in [1.165, 1.54) is 20.2 Å². The molecule has 0 atom stereocenters. The highest BCUT2D eigenvalue weighted by atomic mass is 32.1. The van der Waals surface area contributed by atoms with Crippen LogP contribution in [0.25, 0.3) is 65.5 Å². The highest BCUT2D eigenvalue weighted by Crippen LogP contribution is 2.39. The highest BCUT2D eigenvalue weighted by molar-refractivity contribution is 7.25. The summed E-state index contributed by atoms with van der Waals surface area (Å²) in [5.74, 6) is 1.92. The minimum Gasteiger partial charge on any atom is -0.208 e. The topological polar surface area (TPSA) is 38.7 Å². The molecule has 0 aliphatic rings. The van der Waals surface area contributed by atoms with Gasteiger partial charge in [-0.05, 0) is 51.6 Å². The van der Waals surface area contributed by atoms with Crippen LogP contribution < -0.4 is 0 Å². The van der Waals surface area contributed by atoms with Crippen LogP contribution in [0.2, 0.25) is 0 Å². The zero-order valence-corrected chi connectivity index (χ0v) is 28.5. The predicted octanol–water partition coefficient (Wildman–Crippen LogP) is 12.2. The molecular formula is C47H31N3S. The van der Waals surface area contributed by atoms with Crippen LogP contribution in [-0.2, 0) is 0 Å². The van der Waals surface area contributed by atoms with Crippen LogP contribution in [0.4, 0.5) is 0 Å². The SMILES string of the molecule is c1ccc(C(=C(c2ccccc2)c2cccc(-c3nc(-c4ccccc4)nc(-c4ccc5c(c4)sc4ccccc45)n3)c2)c2ccccc2)cc1. The predicted molar refractivity (Wildman–Crippen MR) is 213 cm³/mol. The molecule has 0 saturated heterocycles. The number of fused-ring (bicyclic) bond motifs is 3. The van der Waals surface area contributed by atoms with Crippen LogP contribution in [0.15, 0.2) is 188 Å². The second-order valence-corrected chi connectivity index (χ2v) is 13.5. The molecule has 240 valence electrons. The van der Waals surface area contributed by atoms with Crippen LogP contribution in [0.5, 0.6) is 0 Å². The van der Waals surface area contributed by atoms with Crippen molar-refractivity contribution in [2.45, 2.75) is 0 Å². The van der Waals surface area contributed by atoms with Gasteiger partial charge in [-0.3, -0.25) is 0 Å². The third-order valence-electron chi connectivity index (χ3n) is 9.15. The largest absolute Gasteiger partial charge is 0.208 e. The van der Waals surface area contributed by atoms with Gasteiger partial charge in [0.15, 0.2) is 17.5 Å². The molecule has 0 radical (unpaired) electrons. The Morgan fingerprint density at radius 1 is 0.314 bits per heavy atom. The Morgan fingerprint density at radius 3 is 1.35 bits per heavy atom. The molecule has 51 heavy (non-hydrogen) atoms. The molecule has 4 heteroatoms. The van der Waals surface area contributed by atoms with Crippen LogP contribution in [0.1, 0.15) is 22.3 Å². The summed E-state index contributed by atoms with van der Waals surface area (Å²) in [6, 6.07) is 65.8. The van der Waals surface area contributed by atoms with Gasteiger partial charge in [0.25, 0.3) is 0 Å². The number of rotatable bonds is 7. The zero-order chi connectivity index (χ0) is 34.0. The molecule has 2 heterocycles. The zero-order valence-electron chi connectivity index (χ0n) is 27.6. The van der Waals surface area contributed by atoms with Gasteiger partial charge in [0, 0.05) is 36.9 Å². The Morgan fingerprint density at radius 2 is 0.745 bits per heavy atom. The molecule has 0 aliphatic heterocycles. The summed E-state index contributed by atoms with van der Waals surface area (Å²) in [7, 11) is 0. The van der Waals surface area contributed by atoms with E-state index in [2.05, 4.69) is 170 Å². The Hall–Kier alpha value is -6.49. The van der Waals surface area contributed by atoms with E-state index in [1.807, 2.05) is 18.2 Å². The molecule has 3 nitrogen and oxygen atoms in total. The molecule has 0 spiro atoms. The normalized spacial score (nSPS) is 11.1. The van der Waals surface area contributed by atoms with Gasteiger partial charge in [0.2, 0.25) is 0 Å². The quantitative estimate of drug-likeness (QED) is 0.159. The van der Waals surface area contributed by atoms with Gasteiger partial charge in [-0.25, -0.2) is 15.0 Å². The van der Waals surface area contributed by atoms with Crippen LogP contribution >= 0.6 is 11.3 Å². The molecule has 0 unspecified atom stereocenters. The fourth-order valence-corrected chi connectivity index (χ4v) is 7.90. The Labute approximate surface area is 300 Å². The first-order valence-electron chi connectivity index (χ1n) is 17.0. The van der Waals surface area contributed by atoms with Crippen molar-refractivity contribution in [3.8, 4) is 34.2 Å². The van der Waals surface area contributed by atoms with Crippen molar-refractivity contribution in [1.82, 2.24) is 15.0 Å². The lowest BCUT2D eigenvalue weighted by Gasteiger charge is -2.18. The number of thiophene rings is 1. The van der Waals surface area contributed by atoms with Gasteiger partial charge < -0.3 is 0 Å². The van der Waals surface area contributed by atoms with Gasteiger partial charge in [0.1, 0.15) is 0 Å². The van der Waals surface area contributed by atoms with E-state index in [-0.39, 0.29) is 0 Å². The van der Waals surface area contributed by atoms with Gasteiger partial charge in [-0.1, -0.05) is 170 Å². The van der Waals surface area contributed by atoms with E-state index in [0.717, 1.165) is 50.1 Å². The molecule has 9 aromatic rings. The van der Waals surface area contributed by atoms with Crippen molar-refractivity contribution >= 4 is 42.7 Å². The lowest BCUT2D eigenvalue weighted by atomic mass is 9.85. The average molecular weight is 670 g/mol. The summed E-state index contributed by atoms with van der Waals surface area (Å²) >= 11 is 1.80. The van der Waals surface area contributed by atoms with Gasteiger partial charge >= 0.3 is 0 Å². The van der Waals surface area contributed by atoms with E-state index < -0.39 is 0 Å². The standard InChI is InChI=1S/C47H31N3S/c1-5-16-32(17-6-1)43(33-18-7-2-8-19-33)44(34-20-9-3-10-21-34)36-24-15-25-37(30-36)46-48-45(35-22-11-4-12-23-35)49-47(50-46)38-28-29-40-39-26-13-14-27-41(39)51-42(40)31-38/h1-31H. The van der Waals surface area contributed by atoms with E-state index in [4.69, 9.17) is 15.0 Å². The molecule has 0 fully saturated rings. The van der Waals surface area contributed by atoms with Crippen LogP contribution in [0, 0.1) is 0 Å². The molecule has 9 rings (SSSR count). The Balaban J connectivity index is 1.25. The minimum absolute atomic E-state index is 0.630. The minimum atomic E-state index is 0.630. The second kappa shape index (κ2) is 13.4. The summed E-state index contributed by atoms with van der Waals surface area (Å²) in [4.78, 5) is 15.3. The van der Waals surface area contributed by atoms with Gasteiger partial charge in [-0.2, -0.15) is 0 Å². The van der Waals surface area contributed by atoms with Crippen molar-refractivity contribution in [3.05, 3.63) is 210 Å². The van der Waals surface area contributed by atoms with Crippen LogP contribution in [0.3, 0.4) is 0 Å². The maximum Gasteiger partial charge on any atom is 0.164 e. The Kier molecular flexibility index (Phi) is 8.05. The highest BCUT2D eigenvalue weighted by Gasteiger charge is 2.19. The average Bonchev–Trinajstić information content (AvgIpc) is 3.59. The number of nitrogens with zero attached hydrogens (tertiary/aromatic N) is 3. The van der Waals surface area contributed by atoms with E-state index >= 15 is 0 Å². The van der Waals surface area contributed by atoms with Crippen molar-refractivity contribution in [3.63, 3.8) is 0 Å². The number of hydrogen-bond acceptors (Lipinski definition) is 4. The maximum atomic E-state index is 5.16. The lowest BCUT2D eigenvalue weighted by molar-refractivity contribution is 1.07. The summed E-state index contributed by atoms with van der Waals surface area (Å²) in [6.45, 7) is 0. The van der Waals surface area contributed by atoms with Crippen molar-refractivity contribution < 1.29 is 0 Å². The molecule has 0 saturated carbocycles. The molecule has 2 aromatic heterocycles. The van der Waals surface area contributed by atoms with Gasteiger partial charge in [-0.15, -0.1) is 11.3 Å². The summed E-state index contributed by atoms with van der Waals surface area (Å²) in [6.07, 6.45) is 0. The number of benzene rings is 7. The van der Waals surface area contributed by atoms with Gasteiger partial charge in [0.05, 0.1) is 0 Å². The fourth-order valence-electron chi connectivity index (χ4n) is 6.75.